The number of hydrogen-bond acceptors (Lipinski definition) is 3. The zero-order valence-electron chi connectivity index (χ0n) is 10.8. The molecule has 3 N–H and O–H groups in total. The van der Waals surface area contributed by atoms with Crippen molar-refractivity contribution in [3.8, 4) is 0 Å². The second-order valence-electron chi connectivity index (χ2n) is 4.69. The largest absolute Gasteiger partial charge is 0.480 e. The summed E-state index contributed by atoms with van der Waals surface area (Å²) in [6.45, 7) is 3.69. The number of carbonyl (C=O) groups is 3. The normalized spacial score (nSPS) is 22.5. The molecule has 0 bridgehead atoms. The topological polar surface area (TPSA) is 98.7 Å². The smallest absolute Gasteiger partial charge is 0.329 e. The van der Waals surface area contributed by atoms with E-state index in [1.165, 1.54) is 11.8 Å². The van der Waals surface area contributed by atoms with E-state index >= 15 is 0 Å². The van der Waals surface area contributed by atoms with Gasteiger partial charge >= 0.3 is 12.0 Å². The molecule has 0 saturated carbocycles. The van der Waals surface area contributed by atoms with Crippen LogP contribution in [-0.2, 0) is 9.59 Å². The number of nitrogens with zero attached hydrogens (tertiary/aromatic N) is 1. The van der Waals surface area contributed by atoms with Crippen LogP contribution < -0.4 is 10.6 Å². The van der Waals surface area contributed by atoms with E-state index in [1.54, 1.807) is 14.0 Å². The van der Waals surface area contributed by atoms with Gasteiger partial charge in [0.25, 0.3) is 0 Å². The van der Waals surface area contributed by atoms with Gasteiger partial charge in [0, 0.05) is 13.6 Å². The quantitative estimate of drug-likeness (QED) is 0.647. The molecule has 0 spiro atoms. The molecule has 1 saturated heterocycles. The number of aliphatic carboxylic acids is 1. The summed E-state index contributed by atoms with van der Waals surface area (Å²) in [5.74, 6) is -1.26. The third-order valence-electron chi connectivity index (χ3n) is 3.30. The van der Waals surface area contributed by atoms with E-state index in [0.29, 0.717) is 13.0 Å². The number of likely N-dealkylation sites (N-methyl/N-ethyl adjacent to an activating group) is 1. The monoisotopic (exact) mass is 257 g/mol. The number of urea groups is 1. The molecule has 2 atom stereocenters. The number of nitrogens with one attached hydrogen (secondary N) is 2. The molecule has 7 heteroatoms. The van der Waals surface area contributed by atoms with Crippen LogP contribution in [0.1, 0.15) is 26.7 Å². The molecule has 2 unspecified atom stereocenters. The van der Waals surface area contributed by atoms with Gasteiger partial charge in [-0.1, -0.05) is 6.92 Å². The number of likely N-dealkylation sites (tertiary alicyclic amines) is 1. The number of hydrogen-bond donors (Lipinski definition) is 3. The predicted molar refractivity (Wildman–Crippen MR) is 64.0 cm³/mol. The fourth-order valence-electron chi connectivity index (χ4n) is 1.69. The van der Waals surface area contributed by atoms with Crippen LogP contribution in [-0.4, -0.2) is 53.1 Å². The minimum absolute atomic E-state index is 0.154. The molecular weight excluding hydrogens is 238 g/mol. The van der Waals surface area contributed by atoms with Crippen molar-refractivity contribution in [1.29, 1.82) is 0 Å². The summed E-state index contributed by atoms with van der Waals surface area (Å²) < 4.78 is 0. The number of carbonyl (C=O) groups excluding carboxylic acids is 2. The molecule has 1 heterocycles. The summed E-state index contributed by atoms with van der Waals surface area (Å²) in [6.07, 6.45) is 0.799. The molecule has 1 fully saturated rings. The zero-order valence-corrected chi connectivity index (χ0v) is 10.8. The van der Waals surface area contributed by atoms with Crippen molar-refractivity contribution in [2.75, 3.05) is 13.6 Å². The average molecular weight is 257 g/mol. The maximum atomic E-state index is 11.7. The van der Waals surface area contributed by atoms with E-state index in [4.69, 9.17) is 5.11 Å². The lowest BCUT2D eigenvalue weighted by atomic mass is 10.00. The third-order valence-corrected chi connectivity index (χ3v) is 3.30. The van der Waals surface area contributed by atoms with Crippen molar-refractivity contribution >= 4 is 17.9 Å². The van der Waals surface area contributed by atoms with Gasteiger partial charge < -0.3 is 20.6 Å². The Kier molecular flexibility index (Phi) is 4.15. The summed E-state index contributed by atoms with van der Waals surface area (Å²) in [7, 11) is 1.66. The van der Waals surface area contributed by atoms with Gasteiger partial charge in [-0.25, -0.2) is 9.59 Å². The van der Waals surface area contributed by atoms with Crippen LogP contribution in [0.15, 0.2) is 0 Å². The molecule has 7 nitrogen and oxygen atoms in total. The molecule has 18 heavy (non-hydrogen) atoms. The Morgan fingerprint density at radius 3 is 2.56 bits per heavy atom. The molecule has 0 aliphatic carbocycles. The Bertz CT molecular complexity index is 371. The van der Waals surface area contributed by atoms with Crippen LogP contribution in [0.4, 0.5) is 4.79 Å². The van der Waals surface area contributed by atoms with Crippen LogP contribution in [0.25, 0.3) is 0 Å². The van der Waals surface area contributed by atoms with Gasteiger partial charge in [0.15, 0.2) is 0 Å². The van der Waals surface area contributed by atoms with Crippen LogP contribution in [0.2, 0.25) is 0 Å². The van der Waals surface area contributed by atoms with Crippen molar-refractivity contribution in [1.82, 2.24) is 15.5 Å². The zero-order chi connectivity index (χ0) is 13.9. The molecule has 1 aliphatic rings. The van der Waals surface area contributed by atoms with E-state index in [1.807, 2.05) is 0 Å². The molecule has 1 rings (SSSR count). The lowest BCUT2D eigenvalue weighted by molar-refractivity contribution is -0.143. The van der Waals surface area contributed by atoms with E-state index in [9.17, 15) is 14.4 Å². The highest BCUT2D eigenvalue weighted by Crippen LogP contribution is 2.11. The van der Waals surface area contributed by atoms with Crippen LogP contribution >= 0.6 is 0 Å². The number of carboxylic acids is 1. The Labute approximate surface area is 106 Å². The van der Waals surface area contributed by atoms with E-state index in [-0.39, 0.29) is 12.3 Å². The van der Waals surface area contributed by atoms with Crippen molar-refractivity contribution in [2.24, 2.45) is 0 Å². The third kappa shape index (κ3) is 2.91. The lowest BCUT2D eigenvalue weighted by Crippen LogP contribution is -2.57. The standard InChI is InChI=1S/C11H19N3O4/c1-4-11(2,9(16)17)13-10(18)12-7-5-6-14(3)8(7)15/h7H,4-6H2,1-3H3,(H,16,17)(H2,12,13,18). The van der Waals surface area contributed by atoms with E-state index in [0.717, 1.165) is 0 Å². The van der Waals surface area contributed by atoms with Gasteiger partial charge in [0.05, 0.1) is 0 Å². The van der Waals surface area contributed by atoms with Gasteiger partial charge in [0.1, 0.15) is 11.6 Å². The second-order valence-corrected chi connectivity index (χ2v) is 4.69. The van der Waals surface area contributed by atoms with Gasteiger partial charge in [-0.3, -0.25) is 4.79 Å². The fraction of sp³-hybridized carbons (Fsp3) is 0.727. The Hall–Kier alpha value is -1.79. The van der Waals surface area contributed by atoms with E-state index in [2.05, 4.69) is 10.6 Å². The van der Waals surface area contributed by atoms with Crippen molar-refractivity contribution < 1.29 is 19.5 Å². The highest BCUT2D eigenvalue weighted by molar-refractivity contribution is 5.90. The van der Waals surface area contributed by atoms with Gasteiger partial charge in [-0.15, -0.1) is 0 Å². The first kappa shape index (κ1) is 14.3. The summed E-state index contributed by atoms with van der Waals surface area (Å²) in [6, 6.07) is -1.19. The number of rotatable bonds is 4. The van der Waals surface area contributed by atoms with E-state index < -0.39 is 23.6 Å². The molecule has 1 aliphatic heterocycles. The molecule has 0 aromatic heterocycles. The summed E-state index contributed by atoms with van der Waals surface area (Å²) >= 11 is 0. The van der Waals surface area contributed by atoms with Crippen molar-refractivity contribution in [3.05, 3.63) is 0 Å². The number of amides is 3. The van der Waals surface area contributed by atoms with Gasteiger partial charge in [0.2, 0.25) is 5.91 Å². The Morgan fingerprint density at radius 1 is 1.56 bits per heavy atom. The SMILES string of the molecule is CCC(C)(NC(=O)NC1CCN(C)C1=O)C(=O)O. The summed E-state index contributed by atoms with van der Waals surface area (Å²) in [4.78, 5) is 35.8. The van der Waals surface area contributed by atoms with Crippen LogP contribution in [0.5, 0.6) is 0 Å². The second kappa shape index (κ2) is 5.24. The van der Waals surface area contributed by atoms with Crippen molar-refractivity contribution in [3.63, 3.8) is 0 Å². The van der Waals surface area contributed by atoms with Gasteiger partial charge in [-0.2, -0.15) is 0 Å². The molecule has 0 aromatic carbocycles. The first-order valence-electron chi connectivity index (χ1n) is 5.87. The molecule has 102 valence electrons. The minimum atomic E-state index is -1.32. The Balaban J connectivity index is 2.57. The maximum absolute atomic E-state index is 11.7. The molecular formula is C11H19N3O4. The van der Waals surface area contributed by atoms with Crippen LogP contribution in [0, 0.1) is 0 Å². The lowest BCUT2D eigenvalue weighted by Gasteiger charge is -2.25. The summed E-state index contributed by atoms with van der Waals surface area (Å²) in [5.41, 5.74) is -1.32. The highest BCUT2D eigenvalue weighted by atomic mass is 16.4. The number of carboxylic acid groups (broad SMARTS) is 1. The molecule has 3 amide bonds. The van der Waals surface area contributed by atoms with Crippen LogP contribution in [0.3, 0.4) is 0 Å². The first-order valence-corrected chi connectivity index (χ1v) is 5.87. The van der Waals surface area contributed by atoms with Crippen molar-refractivity contribution in [2.45, 2.75) is 38.3 Å². The fourth-order valence-corrected chi connectivity index (χ4v) is 1.69. The predicted octanol–water partition coefficient (Wildman–Crippen LogP) is -0.230. The first-order chi connectivity index (χ1) is 8.30. The van der Waals surface area contributed by atoms with Gasteiger partial charge in [-0.05, 0) is 19.8 Å². The Morgan fingerprint density at radius 2 is 2.17 bits per heavy atom. The molecule has 0 radical (unpaired) electrons. The summed E-state index contributed by atoms with van der Waals surface area (Å²) in [5, 5.41) is 13.9. The minimum Gasteiger partial charge on any atom is -0.480 e. The molecule has 0 aromatic rings. The highest BCUT2D eigenvalue weighted by Gasteiger charge is 2.35. The maximum Gasteiger partial charge on any atom is 0.329 e. The average Bonchev–Trinajstić information content (AvgIpc) is 2.60.